The zero-order valence-electron chi connectivity index (χ0n) is 18.1. The van der Waals surface area contributed by atoms with Gasteiger partial charge in [0.2, 0.25) is 11.8 Å². The maximum atomic E-state index is 5.61. The third-order valence-electron chi connectivity index (χ3n) is 6.24. The molecular formula is C23H31N5O2S. The Labute approximate surface area is 189 Å². The molecule has 1 aliphatic heterocycles. The van der Waals surface area contributed by atoms with Gasteiger partial charge in [-0.1, -0.05) is 49.6 Å². The van der Waals surface area contributed by atoms with Gasteiger partial charge in [0.15, 0.2) is 5.11 Å². The largest absolute Gasteiger partial charge is 0.481 e. The van der Waals surface area contributed by atoms with Crippen molar-refractivity contribution in [1.29, 1.82) is 0 Å². The third kappa shape index (κ3) is 5.43. The number of morpholine rings is 1. The summed E-state index contributed by atoms with van der Waals surface area (Å²) < 4.78 is 10.8. The fourth-order valence-corrected chi connectivity index (χ4v) is 4.67. The Morgan fingerprint density at radius 3 is 2.58 bits per heavy atom. The molecule has 0 radical (unpaired) electrons. The number of hydrogen-bond acceptors (Lipinski definition) is 6. The first-order valence-corrected chi connectivity index (χ1v) is 11.5. The smallest absolute Gasteiger partial charge is 0.234 e. The summed E-state index contributed by atoms with van der Waals surface area (Å²) in [7, 11) is 1.61. The molecule has 2 aliphatic rings. The molecule has 1 aromatic heterocycles. The van der Waals surface area contributed by atoms with Crippen LogP contribution in [-0.2, 0) is 10.2 Å². The molecule has 7 nitrogen and oxygen atoms in total. The average molecular weight is 442 g/mol. The molecule has 0 spiro atoms. The zero-order chi connectivity index (χ0) is 21.5. The SMILES string of the molecule is COc1cc(N2CCOCC2)nc(NC(=S)NCC2(c3ccccc3)CCCCC2)n1. The van der Waals surface area contributed by atoms with Crippen LogP contribution in [0, 0.1) is 0 Å². The lowest BCUT2D eigenvalue weighted by molar-refractivity contribution is 0.122. The second-order valence-electron chi connectivity index (χ2n) is 8.21. The van der Waals surface area contributed by atoms with Crippen molar-refractivity contribution in [2.45, 2.75) is 37.5 Å². The number of thiocarbonyl (C=S) groups is 1. The highest BCUT2D eigenvalue weighted by Gasteiger charge is 2.33. The summed E-state index contributed by atoms with van der Waals surface area (Å²) >= 11 is 5.61. The molecular weight excluding hydrogens is 410 g/mol. The monoisotopic (exact) mass is 441 g/mol. The number of benzene rings is 1. The highest BCUT2D eigenvalue weighted by molar-refractivity contribution is 7.80. The molecule has 0 amide bonds. The predicted molar refractivity (Wildman–Crippen MR) is 127 cm³/mol. The molecule has 31 heavy (non-hydrogen) atoms. The Bertz CT molecular complexity index is 868. The van der Waals surface area contributed by atoms with E-state index in [1.165, 1.54) is 37.7 Å². The van der Waals surface area contributed by atoms with Crippen LogP contribution in [0.3, 0.4) is 0 Å². The fourth-order valence-electron chi connectivity index (χ4n) is 4.51. The third-order valence-corrected chi connectivity index (χ3v) is 6.49. The quantitative estimate of drug-likeness (QED) is 0.660. The first-order chi connectivity index (χ1) is 15.2. The molecule has 1 saturated heterocycles. The highest BCUT2D eigenvalue weighted by Crippen LogP contribution is 2.38. The van der Waals surface area contributed by atoms with Crippen LogP contribution in [0.25, 0.3) is 0 Å². The maximum Gasteiger partial charge on any atom is 0.234 e. The summed E-state index contributed by atoms with van der Waals surface area (Å²) in [4.78, 5) is 11.3. The van der Waals surface area contributed by atoms with E-state index in [0.29, 0.717) is 30.2 Å². The second kappa shape index (κ2) is 10.2. The summed E-state index contributed by atoms with van der Waals surface area (Å²) in [5, 5.41) is 7.14. The first kappa shape index (κ1) is 21.8. The minimum atomic E-state index is 0.111. The maximum absolute atomic E-state index is 5.61. The Morgan fingerprint density at radius 1 is 1.13 bits per heavy atom. The van der Waals surface area contributed by atoms with E-state index < -0.39 is 0 Å². The average Bonchev–Trinajstić information content (AvgIpc) is 2.84. The summed E-state index contributed by atoms with van der Waals surface area (Å²) in [6.45, 7) is 3.76. The van der Waals surface area contributed by atoms with Crippen molar-refractivity contribution >= 4 is 29.1 Å². The molecule has 0 atom stereocenters. The van der Waals surface area contributed by atoms with Crippen molar-refractivity contribution in [3.63, 3.8) is 0 Å². The van der Waals surface area contributed by atoms with Gasteiger partial charge >= 0.3 is 0 Å². The molecule has 1 aliphatic carbocycles. The summed E-state index contributed by atoms with van der Waals surface area (Å²) in [5.74, 6) is 1.76. The lowest BCUT2D eigenvalue weighted by atomic mass is 9.69. The molecule has 0 unspecified atom stereocenters. The molecule has 8 heteroatoms. The minimum absolute atomic E-state index is 0.111. The minimum Gasteiger partial charge on any atom is -0.481 e. The predicted octanol–water partition coefficient (Wildman–Crippen LogP) is 3.51. The van der Waals surface area contributed by atoms with Crippen molar-refractivity contribution in [2.75, 3.05) is 50.2 Å². The molecule has 1 saturated carbocycles. The number of rotatable bonds is 6. The number of nitrogens with zero attached hydrogens (tertiary/aromatic N) is 3. The van der Waals surface area contributed by atoms with Gasteiger partial charge in [-0.2, -0.15) is 9.97 Å². The van der Waals surface area contributed by atoms with Gasteiger partial charge in [-0.25, -0.2) is 0 Å². The molecule has 2 fully saturated rings. The van der Waals surface area contributed by atoms with Crippen LogP contribution in [0.1, 0.15) is 37.7 Å². The van der Waals surface area contributed by atoms with E-state index in [4.69, 9.17) is 21.7 Å². The van der Waals surface area contributed by atoms with E-state index in [1.54, 1.807) is 7.11 Å². The molecule has 2 heterocycles. The molecule has 2 aromatic rings. The number of ether oxygens (including phenoxy) is 2. The number of methoxy groups -OCH3 is 1. The highest BCUT2D eigenvalue weighted by atomic mass is 32.1. The van der Waals surface area contributed by atoms with Gasteiger partial charge in [-0.15, -0.1) is 0 Å². The van der Waals surface area contributed by atoms with Gasteiger partial charge < -0.3 is 25.0 Å². The Hall–Kier alpha value is -2.45. The van der Waals surface area contributed by atoms with Crippen molar-refractivity contribution in [2.24, 2.45) is 0 Å². The number of nitrogens with one attached hydrogen (secondary N) is 2. The second-order valence-corrected chi connectivity index (χ2v) is 8.61. The zero-order valence-corrected chi connectivity index (χ0v) is 18.9. The Kier molecular flexibility index (Phi) is 7.19. The Balaban J connectivity index is 1.44. The molecule has 166 valence electrons. The van der Waals surface area contributed by atoms with Gasteiger partial charge in [0.25, 0.3) is 0 Å². The Morgan fingerprint density at radius 2 is 1.87 bits per heavy atom. The van der Waals surface area contributed by atoms with Gasteiger partial charge in [-0.3, -0.25) is 0 Å². The van der Waals surface area contributed by atoms with Crippen LogP contribution in [0.5, 0.6) is 5.88 Å². The van der Waals surface area contributed by atoms with E-state index >= 15 is 0 Å². The lowest BCUT2D eigenvalue weighted by Gasteiger charge is -2.38. The van der Waals surface area contributed by atoms with Crippen LogP contribution < -0.4 is 20.3 Å². The van der Waals surface area contributed by atoms with Crippen molar-refractivity contribution < 1.29 is 9.47 Å². The van der Waals surface area contributed by atoms with Crippen molar-refractivity contribution in [1.82, 2.24) is 15.3 Å². The topological polar surface area (TPSA) is 71.5 Å². The van der Waals surface area contributed by atoms with Crippen molar-refractivity contribution in [3.8, 4) is 5.88 Å². The van der Waals surface area contributed by atoms with E-state index in [0.717, 1.165) is 25.5 Å². The molecule has 4 rings (SSSR count). The molecule has 1 aromatic carbocycles. The van der Waals surface area contributed by atoms with Crippen LogP contribution in [0.4, 0.5) is 11.8 Å². The normalized spacial score (nSPS) is 18.3. The molecule has 0 bridgehead atoms. The van der Waals surface area contributed by atoms with Gasteiger partial charge in [0, 0.05) is 31.1 Å². The standard InChI is InChI=1S/C23H31N5O2S/c1-29-20-16-19(28-12-14-30-15-13-28)25-21(26-20)27-22(31)24-17-23(10-6-3-7-11-23)18-8-4-2-5-9-18/h2,4-5,8-9,16H,3,6-7,10-15,17H2,1H3,(H2,24,25,26,27,31). The lowest BCUT2D eigenvalue weighted by Crippen LogP contribution is -2.43. The van der Waals surface area contributed by atoms with E-state index in [-0.39, 0.29) is 5.41 Å². The van der Waals surface area contributed by atoms with Gasteiger partial charge in [0.1, 0.15) is 5.82 Å². The summed E-state index contributed by atoms with van der Waals surface area (Å²) in [6, 6.07) is 12.6. The van der Waals surface area contributed by atoms with Crippen molar-refractivity contribution in [3.05, 3.63) is 42.0 Å². The summed E-state index contributed by atoms with van der Waals surface area (Å²) in [5.41, 5.74) is 1.50. The van der Waals surface area contributed by atoms with E-state index in [2.05, 4.69) is 55.8 Å². The van der Waals surface area contributed by atoms with Crippen LogP contribution in [-0.4, -0.2) is 55.0 Å². The number of aromatic nitrogens is 2. The number of hydrogen-bond donors (Lipinski definition) is 2. The fraction of sp³-hybridized carbons (Fsp3) is 0.522. The first-order valence-electron chi connectivity index (χ1n) is 11.0. The van der Waals surface area contributed by atoms with Gasteiger partial charge in [0.05, 0.1) is 20.3 Å². The molecule has 2 N–H and O–H groups in total. The summed E-state index contributed by atoms with van der Waals surface area (Å²) in [6.07, 6.45) is 6.14. The van der Waals surface area contributed by atoms with E-state index in [1.807, 2.05) is 6.07 Å². The van der Waals surface area contributed by atoms with Crippen LogP contribution in [0.2, 0.25) is 0 Å². The van der Waals surface area contributed by atoms with Crippen LogP contribution in [0.15, 0.2) is 36.4 Å². The van der Waals surface area contributed by atoms with Gasteiger partial charge in [-0.05, 0) is 30.6 Å². The number of anilines is 2. The van der Waals surface area contributed by atoms with Crippen LogP contribution >= 0.6 is 12.2 Å². The van der Waals surface area contributed by atoms with E-state index in [9.17, 15) is 0 Å².